The standard InChI is InChI=1S/C10H15NO2/c1-8-3-4-10(11-12)7-9(8)5-6-13-2/h5,10H,1,3-4,6-7H2,2H3/b9-5-/t10-/m0/s1. The number of allylic oxidation sites excluding steroid dienone is 1. The Morgan fingerprint density at radius 1 is 1.77 bits per heavy atom. The third kappa shape index (κ3) is 2.77. The molecule has 0 aromatic heterocycles. The Bertz CT molecular complexity index is 233. The molecule has 1 fully saturated rings. The number of ether oxygens (including phenoxy) is 1. The van der Waals surface area contributed by atoms with Crippen molar-refractivity contribution in [2.45, 2.75) is 25.3 Å². The van der Waals surface area contributed by atoms with Gasteiger partial charge in [-0.15, -0.1) is 0 Å². The van der Waals surface area contributed by atoms with Crippen molar-refractivity contribution in [3.8, 4) is 0 Å². The van der Waals surface area contributed by atoms with E-state index in [-0.39, 0.29) is 6.04 Å². The van der Waals surface area contributed by atoms with Crippen LogP contribution >= 0.6 is 0 Å². The summed E-state index contributed by atoms with van der Waals surface area (Å²) in [4.78, 5) is 10.3. The maximum Gasteiger partial charge on any atom is 0.0963 e. The fourth-order valence-corrected chi connectivity index (χ4v) is 1.50. The largest absolute Gasteiger partial charge is 0.381 e. The van der Waals surface area contributed by atoms with Crippen LogP contribution in [0.4, 0.5) is 0 Å². The smallest absolute Gasteiger partial charge is 0.0963 e. The summed E-state index contributed by atoms with van der Waals surface area (Å²) in [7, 11) is 1.65. The highest BCUT2D eigenvalue weighted by Gasteiger charge is 2.19. The van der Waals surface area contributed by atoms with E-state index in [0.29, 0.717) is 6.61 Å². The van der Waals surface area contributed by atoms with Crippen molar-refractivity contribution in [2.75, 3.05) is 13.7 Å². The van der Waals surface area contributed by atoms with E-state index in [0.717, 1.165) is 30.4 Å². The van der Waals surface area contributed by atoms with Crippen LogP contribution in [0.15, 0.2) is 29.0 Å². The van der Waals surface area contributed by atoms with Crippen LogP contribution < -0.4 is 0 Å². The highest BCUT2D eigenvalue weighted by molar-refractivity contribution is 5.31. The van der Waals surface area contributed by atoms with E-state index in [2.05, 4.69) is 11.8 Å². The van der Waals surface area contributed by atoms with Gasteiger partial charge in [0.2, 0.25) is 0 Å². The van der Waals surface area contributed by atoms with Crippen LogP contribution in [0.25, 0.3) is 0 Å². The first-order valence-electron chi connectivity index (χ1n) is 4.46. The number of hydrogen-bond acceptors (Lipinski definition) is 3. The zero-order valence-electron chi connectivity index (χ0n) is 7.95. The first-order chi connectivity index (χ1) is 6.27. The number of hydrogen-bond donors (Lipinski definition) is 0. The van der Waals surface area contributed by atoms with Crippen molar-refractivity contribution in [1.82, 2.24) is 0 Å². The molecule has 0 aromatic rings. The molecule has 3 heteroatoms. The van der Waals surface area contributed by atoms with Crippen LogP contribution in [0.2, 0.25) is 0 Å². The molecule has 72 valence electrons. The topological polar surface area (TPSA) is 38.7 Å². The van der Waals surface area contributed by atoms with E-state index in [1.165, 1.54) is 0 Å². The van der Waals surface area contributed by atoms with Crippen molar-refractivity contribution >= 4 is 0 Å². The average molecular weight is 181 g/mol. The molecule has 0 spiro atoms. The lowest BCUT2D eigenvalue weighted by molar-refractivity contribution is 0.233. The molecule has 1 atom stereocenters. The SMILES string of the molecule is C=C1CC[C@H](N=O)C/C1=C/COC. The van der Waals surface area contributed by atoms with Crippen LogP contribution in [0.1, 0.15) is 19.3 Å². The first kappa shape index (κ1) is 10.1. The summed E-state index contributed by atoms with van der Waals surface area (Å²) in [5, 5.41) is 3.07. The summed E-state index contributed by atoms with van der Waals surface area (Å²) in [6.45, 7) is 4.53. The normalized spacial score (nSPS) is 26.4. The minimum absolute atomic E-state index is 0.0615. The van der Waals surface area contributed by atoms with Gasteiger partial charge < -0.3 is 4.74 Å². The molecule has 0 aromatic carbocycles. The predicted octanol–water partition coefficient (Wildman–Crippen LogP) is 2.43. The Kier molecular flexibility index (Phi) is 3.83. The van der Waals surface area contributed by atoms with Crippen LogP contribution in [-0.4, -0.2) is 19.8 Å². The molecule has 0 aliphatic heterocycles. The maximum atomic E-state index is 10.3. The van der Waals surface area contributed by atoms with Gasteiger partial charge in [0, 0.05) is 7.11 Å². The Morgan fingerprint density at radius 3 is 3.15 bits per heavy atom. The summed E-state index contributed by atoms with van der Waals surface area (Å²) in [5.41, 5.74) is 2.26. The van der Waals surface area contributed by atoms with Crippen molar-refractivity contribution < 1.29 is 4.74 Å². The molecule has 0 radical (unpaired) electrons. The molecule has 1 rings (SSSR count). The molecule has 0 heterocycles. The number of methoxy groups -OCH3 is 1. The Morgan fingerprint density at radius 2 is 2.54 bits per heavy atom. The fourth-order valence-electron chi connectivity index (χ4n) is 1.50. The second-order valence-corrected chi connectivity index (χ2v) is 3.29. The van der Waals surface area contributed by atoms with Gasteiger partial charge >= 0.3 is 0 Å². The van der Waals surface area contributed by atoms with E-state index in [9.17, 15) is 4.91 Å². The van der Waals surface area contributed by atoms with Gasteiger partial charge in [-0.3, -0.25) is 0 Å². The van der Waals surface area contributed by atoms with Crippen LogP contribution in [0, 0.1) is 4.91 Å². The highest BCUT2D eigenvalue weighted by Crippen LogP contribution is 2.29. The van der Waals surface area contributed by atoms with Gasteiger partial charge in [-0.05, 0) is 24.8 Å². The van der Waals surface area contributed by atoms with Gasteiger partial charge in [0.1, 0.15) is 0 Å². The van der Waals surface area contributed by atoms with Gasteiger partial charge in [0.25, 0.3) is 0 Å². The second kappa shape index (κ2) is 4.92. The third-order valence-electron chi connectivity index (χ3n) is 2.33. The van der Waals surface area contributed by atoms with Gasteiger partial charge in [-0.1, -0.05) is 23.4 Å². The van der Waals surface area contributed by atoms with Gasteiger partial charge in [0.05, 0.1) is 12.6 Å². The summed E-state index contributed by atoms with van der Waals surface area (Å²) < 4.78 is 4.94. The molecule has 1 aliphatic carbocycles. The zero-order chi connectivity index (χ0) is 9.68. The molecular weight excluding hydrogens is 166 g/mol. The molecule has 13 heavy (non-hydrogen) atoms. The lowest BCUT2D eigenvalue weighted by Gasteiger charge is -2.20. The van der Waals surface area contributed by atoms with E-state index >= 15 is 0 Å². The maximum absolute atomic E-state index is 10.3. The quantitative estimate of drug-likeness (QED) is 0.627. The number of nitroso groups, excluding NO2 is 1. The van der Waals surface area contributed by atoms with Crippen LogP contribution in [-0.2, 0) is 4.74 Å². The van der Waals surface area contributed by atoms with Crippen molar-refractivity contribution in [3.05, 3.63) is 28.7 Å². The predicted molar refractivity (Wildman–Crippen MR) is 52.5 cm³/mol. The monoisotopic (exact) mass is 181 g/mol. The van der Waals surface area contributed by atoms with Gasteiger partial charge in [-0.2, -0.15) is 4.91 Å². The molecular formula is C10H15NO2. The summed E-state index contributed by atoms with van der Waals surface area (Å²) >= 11 is 0. The van der Waals surface area contributed by atoms with Crippen LogP contribution in [0.3, 0.4) is 0 Å². The van der Waals surface area contributed by atoms with E-state index in [4.69, 9.17) is 4.74 Å². The van der Waals surface area contributed by atoms with Crippen molar-refractivity contribution in [3.63, 3.8) is 0 Å². The lowest BCUT2D eigenvalue weighted by atomic mass is 9.87. The molecule has 1 aliphatic rings. The fraction of sp³-hybridized carbons (Fsp3) is 0.600. The Hall–Kier alpha value is -0.960. The molecule has 0 unspecified atom stereocenters. The molecule has 1 saturated carbocycles. The summed E-state index contributed by atoms with van der Waals surface area (Å²) in [6, 6.07) is -0.0615. The number of rotatable bonds is 3. The summed E-state index contributed by atoms with van der Waals surface area (Å²) in [5.74, 6) is 0. The molecule has 3 nitrogen and oxygen atoms in total. The Balaban J connectivity index is 2.59. The molecule has 0 amide bonds. The second-order valence-electron chi connectivity index (χ2n) is 3.29. The highest BCUT2D eigenvalue weighted by atomic mass is 16.5. The van der Waals surface area contributed by atoms with Gasteiger partial charge in [0.15, 0.2) is 0 Å². The van der Waals surface area contributed by atoms with E-state index in [1.54, 1.807) is 7.11 Å². The molecule has 0 saturated heterocycles. The van der Waals surface area contributed by atoms with Crippen molar-refractivity contribution in [1.29, 1.82) is 0 Å². The van der Waals surface area contributed by atoms with Gasteiger partial charge in [-0.25, -0.2) is 0 Å². The lowest BCUT2D eigenvalue weighted by Crippen LogP contribution is -2.13. The minimum atomic E-state index is -0.0615. The van der Waals surface area contributed by atoms with E-state index in [1.807, 2.05) is 6.08 Å². The minimum Gasteiger partial charge on any atom is -0.381 e. The molecule has 0 N–H and O–H groups in total. The first-order valence-corrected chi connectivity index (χ1v) is 4.46. The third-order valence-corrected chi connectivity index (χ3v) is 2.33. The van der Waals surface area contributed by atoms with Crippen LogP contribution in [0.5, 0.6) is 0 Å². The number of nitrogens with zero attached hydrogens (tertiary/aromatic N) is 1. The summed E-state index contributed by atoms with van der Waals surface area (Å²) in [6.07, 6.45) is 4.43. The van der Waals surface area contributed by atoms with E-state index < -0.39 is 0 Å². The zero-order valence-corrected chi connectivity index (χ0v) is 7.95. The molecule has 0 bridgehead atoms. The van der Waals surface area contributed by atoms with Crippen molar-refractivity contribution in [2.24, 2.45) is 5.18 Å². The Labute approximate surface area is 78.4 Å². The average Bonchev–Trinajstić information content (AvgIpc) is 2.17.